The number of aromatic hydroxyl groups is 1. The minimum absolute atomic E-state index is 0.0516. The maximum absolute atomic E-state index is 12.4. The van der Waals surface area contributed by atoms with Crippen molar-refractivity contribution in [1.82, 2.24) is 10.3 Å². The van der Waals surface area contributed by atoms with Crippen molar-refractivity contribution in [3.8, 4) is 5.75 Å². The molecule has 0 spiro atoms. The number of aromatic nitrogens is 1. The molecule has 2 rings (SSSR count). The molecule has 0 aliphatic carbocycles. The number of phenolic OH excluding ortho intramolecular Hbond substituents is 1. The number of nitrogens with zero attached hydrogens (tertiary/aromatic N) is 1. The van der Waals surface area contributed by atoms with Gasteiger partial charge in [-0.15, -0.1) is 0 Å². The van der Waals surface area contributed by atoms with Gasteiger partial charge in [0.05, 0.1) is 10.0 Å². The highest BCUT2D eigenvalue weighted by Gasteiger charge is 2.26. The van der Waals surface area contributed by atoms with Gasteiger partial charge < -0.3 is 15.7 Å². The van der Waals surface area contributed by atoms with E-state index in [1.165, 1.54) is 0 Å². The average molecular weight is 535 g/mol. The summed E-state index contributed by atoms with van der Waals surface area (Å²) in [4.78, 5) is 16.5. The molecule has 0 aliphatic heterocycles. The van der Waals surface area contributed by atoms with Gasteiger partial charge in [-0.2, -0.15) is 0 Å². The summed E-state index contributed by atoms with van der Waals surface area (Å²) < 4.78 is 0. The Labute approximate surface area is 216 Å². The number of anilines is 1. The number of amides is 1. The van der Waals surface area contributed by atoms with Gasteiger partial charge in [-0.1, -0.05) is 100 Å². The summed E-state index contributed by atoms with van der Waals surface area (Å²) in [7, 11) is 0. The van der Waals surface area contributed by atoms with Crippen LogP contribution in [0.2, 0.25) is 20.2 Å². The number of hydrogen-bond donors (Lipinski definition) is 3. The molecule has 1 aromatic carbocycles. The summed E-state index contributed by atoms with van der Waals surface area (Å²) >= 11 is 24.0. The van der Waals surface area contributed by atoms with Crippen LogP contribution < -0.4 is 10.6 Å². The maximum Gasteiger partial charge on any atom is 0.220 e. The van der Waals surface area contributed by atoms with Crippen molar-refractivity contribution in [2.75, 3.05) is 18.4 Å². The van der Waals surface area contributed by atoms with Crippen molar-refractivity contribution in [2.24, 2.45) is 0 Å². The van der Waals surface area contributed by atoms with E-state index < -0.39 is 0 Å². The first-order valence-electron chi connectivity index (χ1n) is 10.7. The summed E-state index contributed by atoms with van der Waals surface area (Å²) in [5.41, 5.74) is 2.38. The molecule has 0 fully saturated rings. The van der Waals surface area contributed by atoms with Crippen LogP contribution in [0.25, 0.3) is 0 Å². The number of aryl methyl sites for hydroxylation is 1. The van der Waals surface area contributed by atoms with Gasteiger partial charge in [0.2, 0.25) is 5.91 Å². The number of benzene rings is 1. The quantitative estimate of drug-likeness (QED) is 0.260. The van der Waals surface area contributed by atoms with Crippen molar-refractivity contribution in [3.63, 3.8) is 0 Å². The van der Waals surface area contributed by atoms with Gasteiger partial charge in [0.1, 0.15) is 16.6 Å². The lowest BCUT2D eigenvalue weighted by Gasteiger charge is -2.28. The summed E-state index contributed by atoms with van der Waals surface area (Å²) in [5.74, 6) is 0.563. The SMILES string of the molecule is CC(C)(C)c1cc(CCC(=O)NCCNc2nc(Cl)c(Cl)c(Cl)c2Cl)cc(C(C)(C)C)c1O. The topological polar surface area (TPSA) is 74.2 Å². The van der Waals surface area contributed by atoms with E-state index in [9.17, 15) is 9.90 Å². The van der Waals surface area contributed by atoms with E-state index >= 15 is 0 Å². The molecule has 2 aromatic rings. The molecule has 0 unspecified atom stereocenters. The predicted octanol–water partition coefficient (Wildman–Crippen LogP) is 7.16. The molecular weight excluding hydrogens is 504 g/mol. The monoisotopic (exact) mass is 533 g/mol. The van der Waals surface area contributed by atoms with Crippen LogP contribution in [0.4, 0.5) is 5.82 Å². The van der Waals surface area contributed by atoms with E-state index in [1.54, 1.807) is 0 Å². The van der Waals surface area contributed by atoms with Crippen LogP contribution in [0.1, 0.15) is 64.7 Å². The fourth-order valence-electron chi connectivity index (χ4n) is 3.32. The minimum Gasteiger partial charge on any atom is -0.507 e. The van der Waals surface area contributed by atoms with E-state index in [4.69, 9.17) is 46.4 Å². The first-order valence-corrected chi connectivity index (χ1v) is 12.2. The Morgan fingerprint density at radius 1 is 0.909 bits per heavy atom. The molecule has 3 N–H and O–H groups in total. The molecule has 1 heterocycles. The van der Waals surface area contributed by atoms with Crippen LogP contribution in [0.3, 0.4) is 0 Å². The zero-order chi connectivity index (χ0) is 25.1. The van der Waals surface area contributed by atoms with Gasteiger partial charge in [-0.05, 0) is 33.9 Å². The number of pyridine rings is 1. The lowest BCUT2D eigenvalue weighted by atomic mass is 9.78. The lowest BCUT2D eigenvalue weighted by Crippen LogP contribution is -2.29. The highest BCUT2D eigenvalue weighted by molar-refractivity contribution is 6.52. The second kappa shape index (κ2) is 10.9. The van der Waals surface area contributed by atoms with E-state index in [0.29, 0.717) is 37.5 Å². The third-order valence-electron chi connectivity index (χ3n) is 5.15. The van der Waals surface area contributed by atoms with Crippen LogP contribution in [0.5, 0.6) is 5.75 Å². The van der Waals surface area contributed by atoms with Crippen LogP contribution in [-0.4, -0.2) is 29.1 Å². The van der Waals surface area contributed by atoms with E-state index in [2.05, 4.69) is 57.2 Å². The summed E-state index contributed by atoms with van der Waals surface area (Å²) in [6.45, 7) is 13.2. The molecule has 0 bridgehead atoms. The second-order valence-electron chi connectivity index (χ2n) is 10.0. The molecule has 0 atom stereocenters. The summed E-state index contributed by atoms with van der Waals surface area (Å²) in [6, 6.07) is 4.00. The van der Waals surface area contributed by atoms with Crippen molar-refractivity contribution in [1.29, 1.82) is 0 Å². The van der Waals surface area contributed by atoms with E-state index in [0.717, 1.165) is 16.7 Å². The molecule has 9 heteroatoms. The van der Waals surface area contributed by atoms with Gasteiger partial charge in [-0.25, -0.2) is 4.98 Å². The van der Waals surface area contributed by atoms with Crippen LogP contribution >= 0.6 is 46.4 Å². The van der Waals surface area contributed by atoms with Crippen molar-refractivity contribution >= 4 is 58.1 Å². The van der Waals surface area contributed by atoms with Gasteiger partial charge in [-0.3, -0.25) is 4.79 Å². The smallest absolute Gasteiger partial charge is 0.220 e. The summed E-state index contributed by atoms with van der Waals surface area (Å²) in [5, 5.41) is 17.2. The predicted molar refractivity (Wildman–Crippen MR) is 140 cm³/mol. The highest BCUT2D eigenvalue weighted by Crippen LogP contribution is 2.40. The molecule has 0 saturated carbocycles. The molecule has 5 nitrogen and oxygen atoms in total. The number of carbonyl (C=O) groups is 1. The summed E-state index contributed by atoms with van der Waals surface area (Å²) in [6.07, 6.45) is 0.900. The number of hydrogen-bond acceptors (Lipinski definition) is 4. The molecular formula is C24H31Cl4N3O2. The third-order valence-corrected chi connectivity index (χ3v) is 6.83. The van der Waals surface area contributed by atoms with Gasteiger partial charge in [0.15, 0.2) is 5.15 Å². The molecule has 0 saturated heterocycles. The third kappa shape index (κ3) is 7.29. The molecule has 1 aromatic heterocycles. The number of phenols is 1. The van der Waals surface area contributed by atoms with E-state index in [-0.39, 0.29) is 37.0 Å². The fraction of sp³-hybridized carbons (Fsp3) is 0.500. The second-order valence-corrected chi connectivity index (χ2v) is 11.5. The number of carbonyl (C=O) groups excluding carboxylic acids is 1. The Bertz CT molecular complexity index is 993. The maximum atomic E-state index is 12.4. The number of rotatable bonds is 7. The first-order chi connectivity index (χ1) is 15.1. The zero-order valence-corrected chi connectivity index (χ0v) is 22.8. The van der Waals surface area contributed by atoms with Crippen molar-refractivity contribution in [3.05, 3.63) is 49.0 Å². The van der Waals surface area contributed by atoms with Crippen molar-refractivity contribution in [2.45, 2.75) is 65.2 Å². The van der Waals surface area contributed by atoms with E-state index in [1.807, 2.05) is 12.1 Å². The average Bonchev–Trinajstić information content (AvgIpc) is 2.70. The standard InChI is InChI=1S/C24H31Cl4N3O2/c1-23(2,3)14-11-13(12-15(20(14)33)24(4,5)6)7-8-16(32)29-9-10-30-22-19(27)17(25)18(26)21(28)31-22/h11-12,33H,7-10H2,1-6H3,(H,29,32)(H,30,31). The number of halogens is 4. The molecule has 33 heavy (non-hydrogen) atoms. The molecule has 0 aliphatic rings. The normalized spacial score (nSPS) is 12.1. The molecule has 1 amide bonds. The Morgan fingerprint density at radius 2 is 1.45 bits per heavy atom. The van der Waals surface area contributed by atoms with Crippen LogP contribution in [-0.2, 0) is 22.0 Å². The Morgan fingerprint density at radius 3 is 1.97 bits per heavy atom. The van der Waals surface area contributed by atoms with Crippen LogP contribution in [0, 0.1) is 0 Å². The molecule has 0 radical (unpaired) electrons. The number of nitrogens with one attached hydrogen (secondary N) is 2. The highest BCUT2D eigenvalue weighted by atomic mass is 35.5. The van der Waals surface area contributed by atoms with Crippen LogP contribution in [0.15, 0.2) is 12.1 Å². The fourth-order valence-corrected chi connectivity index (χ4v) is 4.11. The molecule has 182 valence electrons. The Kier molecular flexibility index (Phi) is 9.19. The zero-order valence-electron chi connectivity index (χ0n) is 19.8. The minimum atomic E-state index is -0.212. The van der Waals surface area contributed by atoms with Gasteiger partial charge in [0.25, 0.3) is 0 Å². The Balaban J connectivity index is 1.97. The lowest BCUT2D eigenvalue weighted by molar-refractivity contribution is -0.120. The Hall–Kier alpha value is -1.40. The van der Waals surface area contributed by atoms with Gasteiger partial charge in [0, 0.05) is 19.5 Å². The largest absolute Gasteiger partial charge is 0.507 e. The first kappa shape index (κ1) is 27.8. The van der Waals surface area contributed by atoms with Crippen molar-refractivity contribution < 1.29 is 9.90 Å². The van der Waals surface area contributed by atoms with Gasteiger partial charge >= 0.3 is 0 Å².